The lowest BCUT2D eigenvalue weighted by Crippen LogP contribution is -2.07. The number of carbonyl (C=O) groups excluding carboxylic acids is 1. The maximum absolute atomic E-state index is 12.3. The number of esters is 1. The van der Waals surface area contributed by atoms with Gasteiger partial charge in [-0.15, -0.1) is 0 Å². The van der Waals surface area contributed by atoms with Crippen molar-refractivity contribution in [2.45, 2.75) is 20.5 Å². The second-order valence-corrected chi connectivity index (χ2v) is 6.03. The smallest absolute Gasteiger partial charge is 0.338 e. The molecule has 0 amide bonds. The molecule has 1 aromatic heterocycles. The van der Waals surface area contributed by atoms with Gasteiger partial charge in [0.2, 0.25) is 0 Å². The molecule has 2 aromatic carbocycles. The zero-order valence-corrected chi connectivity index (χ0v) is 14.2. The molecule has 1 heterocycles. The van der Waals surface area contributed by atoms with Crippen LogP contribution in [0.25, 0.3) is 5.69 Å². The molecule has 4 nitrogen and oxygen atoms in total. The number of ether oxygens (including phenoxy) is 1. The highest BCUT2D eigenvalue weighted by atomic mass is 35.5. The molecule has 0 saturated heterocycles. The van der Waals surface area contributed by atoms with E-state index in [-0.39, 0.29) is 12.6 Å². The minimum Gasteiger partial charge on any atom is -0.457 e. The zero-order chi connectivity index (χ0) is 17.1. The molecule has 0 fully saturated rings. The third-order valence-electron chi connectivity index (χ3n) is 3.62. The molecular formula is C19H17ClN2O2. The molecule has 3 aromatic rings. The van der Waals surface area contributed by atoms with Gasteiger partial charge in [-0.1, -0.05) is 29.8 Å². The van der Waals surface area contributed by atoms with Crippen molar-refractivity contribution in [3.8, 4) is 5.69 Å². The summed E-state index contributed by atoms with van der Waals surface area (Å²) in [5, 5.41) is 5.09. The van der Waals surface area contributed by atoms with Crippen LogP contribution in [0, 0.1) is 13.8 Å². The Bertz CT molecular complexity index is 869. The monoisotopic (exact) mass is 340 g/mol. The Morgan fingerprint density at radius 3 is 2.54 bits per heavy atom. The molecule has 0 radical (unpaired) electrons. The highest BCUT2D eigenvalue weighted by Gasteiger charge is 2.10. The predicted octanol–water partition coefficient (Wildman–Crippen LogP) is 4.50. The number of carbonyl (C=O) groups is 1. The lowest BCUT2D eigenvalue weighted by atomic mass is 10.2. The Balaban J connectivity index is 1.74. The summed E-state index contributed by atoms with van der Waals surface area (Å²) in [4.78, 5) is 12.3. The molecule has 0 aliphatic rings. The fraction of sp³-hybridized carbons (Fsp3) is 0.158. The van der Waals surface area contributed by atoms with Crippen LogP contribution in [0.2, 0.25) is 5.02 Å². The average molecular weight is 341 g/mol. The molecule has 0 atom stereocenters. The van der Waals surface area contributed by atoms with Crippen molar-refractivity contribution in [1.82, 2.24) is 9.78 Å². The lowest BCUT2D eigenvalue weighted by Gasteiger charge is -2.08. The molecule has 24 heavy (non-hydrogen) atoms. The highest BCUT2D eigenvalue weighted by molar-refractivity contribution is 6.30. The number of halogens is 1. The van der Waals surface area contributed by atoms with Crippen molar-refractivity contribution in [1.29, 1.82) is 0 Å². The molecule has 0 aliphatic heterocycles. The standard InChI is InChI=1S/C19H17ClN2O2/c1-13-10-14(2)22(21-13)18-5-3-4-16(11-18)19(23)24-12-15-6-8-17(20)9-7-15/h3-11H,12H2,1-2H3. The van der Waals surface area contributed by atoms with Crippen LogP contribution in [0.3, 0.4) is 0 Å². The van der Waals surface area contributed by atoms with Crippen molar-refractivity contribution in [3.05, 3.63) is 82.1 Å². The number of hydrogen-bond acceptors (Lipinski definition) is 3. The quantitative estimate of drug-likeness (QED) is 0.657. The summed E-state index contributed by atoms with van der Waals surface area (Å²) in [5.74, 6) is -0.367. The molecular weight excluding hydrogens is 324 g/mol. The van der Waals surface area contributed by atoms with Gasteiger partial charge in [-0.25, -0.2) is 9.48 Å². The fourth-order valence-electron chi connectivity index (χ4n) is 2.47. The molecule has 5 heteroatoms. The minimum absolute atomic E-state index is 0.208. The van der Waals surface area contributed by atoms with Gasteiger partial charge in [-0.3, -0.25) is 0 Å². The number of nitrogens with zero attached hydrogens (tertiary/aromatic N) is 2. The van der Waals surface area contributed by atoms with Crippen LogP contribution in [0.5, 0.6) is 0 Å². The van der Waals surface area contributed by atoms with Gasteiger partial charge in [0, 0.05) is 10.7 Å². The predicted molar refractivity (Wildman–Crippen MR) is 93.6 cm³/mol. The summed E-state index contributed by atoms with van der Waals surface area (Å²) in [6, 6.07) is 16.5. The maximum Gasteiger partial charge on any atom is 0.338 e. The average Bonchev–Trinajstić information content (AvgIpc) is 2.92. The van der Waals surface area contributed by atoms with E-state index in [2.05, 4.69) is 5.10 Å². The van der Waals surface area contributed by atoms with Crippen molar-refractivity contribution in [2.75, 3.05) is 0 Å². The Morgan fingerprint density at radius 2 is 1.88 bits per heavy atom. The highest BCUT2D eigenvalue weighted by Crippen LogP contribution is 2.16. The maximum atomic E-state index is 12.3. The van der Waals surface area contributed by atoms with Gasteiger partial charge in [0.15, 0.2) is 0 Å². The van der Waals surface area contributed by atoms with E-state index < -0.39 is 0 Å². The first-order chi connectivity index (χ1) is 11.5. The lowest BCUT2D eigenvalue weighted by molar-refractivity contribution is 0.0472. The number of aromatic nitrogens is 2. The molecule has 122 valence electrons. The van der Waals surface area contributed by atoms with Crippen LogP contribution >= 0.6 is 11.6 Å². The van der Waals surface area contributed by atoms with Crippen molar-refractivity contribution in [3.63, 3.8) is 0 Å². The summed E-state index contributed by atoms with van der Waals surface area (Å²) in [7, 11) is 0. The van der Waals surface area contributed by atoms with E-state index in [1.807, 2.05) is 48.9 Å². The first-order valence-corrected chi connectivity index (χ1v) is 7.96. The summed E-state index contributed by atoms with van der Waals surface area (Å²) < 4.78 is 7.18. The second-order valence-electron chi connectivity index (χ2n) is 5.59. The van der Waals surface area contributed by atoms with Crippen LogP contribution in [0.4, 0.5) is 0 Å². The van der Waals surface area contributed by atoms with E-state index in [9.17, 15) is 4.79 Å². The van der Waals surface area contributed by atoms with Crippen LogP contribution in [0.1, 0.15) is 27.3 Å². The van der Waals surface area contributed by atoms with Gasteiger partial charge in [0.05, 0.1) is 16.9 Å². The summed E-state index contributed by atoms with van der Waals surface area (Å²) >= 11 is 5.84. The van der Waals surface area contributed by atoms with E-state index in [1.54, 1.807) is 24.3 Å². The summed E-state index contributed by atoms with van der Waals surface area (Å²) in [6.07, 6.45) is 0. The number of hydrogen-bond donors (Lipinski definition) is 0. The molecule has 0 N–H and O–H groups in total. The van der Waals surface area contributed by atoms with Crippen LogP contribution in [0.15, 0.2) is 54.6 Å². The van der Waals surface area contributed by atoms with Gasteiger partial charge >= 0.3 is 5.97 Å². The van der Waals surface area contributed by atoms with Gasteiger partial charge in [0.1, 0.15) is 6.61 Å². The molecule has 0 spiro atoms. The minimum atomic E-state index is -0.367. The van der Waals surface area contributed by atoms with E-state index in [4.69, 9.17) is 16.3 Å². The van der Waals surface area contributed by atoms with Crippen LogP contribution < -0.4 is 0 Å². The third-order valence-corrected chi connectivity index (χ3v) is 3.87. The molecule has 0 saturated carbocycles. The van der Waals surface area contributed by atoms with E-state index in [0.29, 0.717) is 10.6 Å². The second kappa shape index (κ2) is 6.89. The largest absolute Gasteiger partial charge is 0.457 e. The topological polar surface area (TPSA) is 44.1 Å². The van der Waals surface area contributed by atoms with E-state index in [1.165, 1.54) is 0 Å². The molecule has 0 unspecified atom stereocenters. The first-order valence-electron chi connectivity index (χ1n) is 7.58. The Kier molecular flexibility index (Phi) is 4.67. The van der Waals surface area contributed by atoms with Gasteiger partial charge in [-0.2, -0.15) is 5.10 Å². The van der Waals surface area contributed by atoms with E-state index in [0.717, 1.165) is 22.6 Å². The first kappa shape index (κ1) is 16.3. The van der Waals surface area contributed by atoms with Crippen LogP contribution in [-0.4, -0.2) is 15.7 Å². The van der Waals surface area contributed by atoms with Crippen molar-refractivity contribution < 1.29 is 9.53 Å². The van der Waals surface area contributed by atoms with Gasteiger partial charge in [-0.05, 0) is 55.8 Å². The zero-order valence-electron chi connectivity index (χ0n) is 13.5. The fourth-order valence-corrected chi connectivity index (χ4v) is 2.59. The summed E-state index contributed by atoms with van der Waals surface area (Å²) in [6.45, 7) is 4.12. The number of aryl methyl sites for hydroxylation is 2. The third kappa shape index (κ3) is 3.66. The van der Waals surface area contributed by atoms with Crippen LogP contribution in [-0.2, 0) is 11.3 Å². The normalized spacial score (nSPS) is 10.6. The van der Waals surface area contributed by atoms with Crippen molar-refractivity contribution >= 4 is 17.6 Å². The van der Waals surface area contributed by atoms with Gasteiger partial charge in [0.25, 0.3) is 0 Å². The van der Waals surface area contributed by atoms with E-state index >= 15 is 0 Å². The van der Waals surface area contributed by atoms with Gasteiger partial charge < -0.3 is 4.74 Å². The Hall–Kier alpha value is -2.59. The summed E-state index contributed by atoms with van der Waals surface area (Å²) in [5.41, 5.74) is 4.17. The molecule has 0 aliphatic carbocycles. The molecule has 3 rings (SSSR count). The Labute approximate surface area is 145 Å². The molecule has 0 bridgehead atoms. The van der Waals surface area contributed by atoms with Crippen molar-refractivity contribution in [2.24, 2.45) is 0 Å². The number of benzene rings is 2. The Morgan fingerprint density at radius 1 is 1.12 bits per heavy atom. The number of rotatable bonds is 4. The SMILES string of the molecule is Cc1cc(C)n(-c2cccc(C(=O)OCc3ccc(Cl)cc3)c2)n1.